The predicted octanol–water partition coefficient (Wildman–Crippen LogP) is 2.06. The topological polar surface area (TPSA) is 16.1 Å². The molecular formula is C10H11F3N2. The molecule has 1 fully saturated rings. The van der Waals surface area contributed by atoms with Gasteiger partial charge < -0.3 is 0 Å². The summed E-state index contributed by atoms with van der Waals surface area (Å²) in [6.07, 6.45) is 1.29. The van der Waals surface area contributed by atoms with Gasteiger partial charge in [0.05, 0.1) is 6.54 Å². The van der Waals surface area contributed by atoms with Crippen LogP contribution in [-0.4, -0.2) is 28.9 Å². The highest BCUT2D eigenvalue weighted by Gasteiger charge is 2.37. The minimum absolute atomic E-state index is 0.0956. The van der Waals surface area contributed by atoms with E-state index in [4.69, 9.17) is 0 Å². The van der Waals surface area contributed by atoms with Crippen LogP contribution in [0.3, 0.4) is 0 Å². The molecule has 0 amide bonds. The zero-order valence-corrected chi connectivity index (χ0v) is 8.09. The van der Waals surface area contributed by atoms with E-state index in [1.165, 1.54) is 12.3 Å². The highest BCUT2D eigenvalue weighted by atomic mass is 19.3. The van der Waals surface area contributed by atoms with Crippen molar-refractivity contribution in [3.63, 3.8) is 0 Å². The van der Waals surface area contributed by atoms with Crippen LogP contribution in [0.2, 0.25) is 0 Å². The molecule has 0 atom stereocenters. The second-order valence-electron chi connectivity index (χ2n) is 3.81. The molecule has 5 heteroatoms. The third kappa shape index (κ3) is 2.68. The van der Waals surface area contributed by atoms with Crippen molar-refractivity contribution >= 4 is 0 Å². The fourth-order valence-electron chi connectivity index (χ4n) is 1.70. The minimum Gasteiger partial charge on any atom is -0.293 e. The molecule has 0 unspecified atom stereocenters. The second-order valence-corrected chi connectivity index (χ2v) is 3.81. The maximum atomic E-state index is 12.8. The molecule has 2 nitrogen and oxygen atoms in total. The fraction of sp³-hybridized carbons (Fsp3) is 0.500. The Morgan fingerprint density at radius 3 is 2.73 bits per heavy atom. The number of aromatic nitrogens is 1. The Balaban J connectivity index is 1.96. The smallest absolute Gasteiger partial charge is 0.261 e. The third-order valence-corrected chi connectivity index (χ3v) is 2.44. The molecule has 1 aliphatic heterocycles. The summed E-state index contributed by atoms with van der Waals surface area (Å²) in [6, 6.07) is 2.81. The van der Waals surface area contributed by atoms with Crippen LogP contribution in [-0.2, 0) is 6.54 Å². The first kappa shape index (κ1) is 10.4. The first-order valence-electron chi connectivity index (χ1n) is 4.76. The van der Waals surface area contributed by atoms with Crippen molar-refractivity contribution in [2.24, 2.45) is 0 Å². The summed E-state index contributed by atoms with van der Waals surface area (Å²) in [4.78, 5) is 5.12. The fourth-order valence-corrected chi connectivity index (χ4v) is 1.70. The first-order chi connectivity index (χ1) is 7.05. The van der Waals surface area contributed by atoms with E-state index in [1.54, 1.807) is 11.0 Å². The summed E-state index contributed by atoms with van der Waals surface area (Å²) in [6.45, 7) is 0.567. The van der Waals surface area contributed by atoms with E-state index in [9.17, 15) is 13.2 Å². The number of pyridine rings is 1. The summed E-state index contributed by atoms with van der Waals surface area (Å²) in [5, 5.41) is 0. The van der Waals surface area contributed by atoms with E-state index in [0.717, 1.165) is 5.56 Å². The van der Waals surface area contributed by atoms with Crippen LogP contribution in [0.1, 0.15) is 12.0 Å². The predicted molar refractivity (Wildman–Crippen MR) is 49.0 cm³/mol. The van der Waals surface area contributed by atoms with Gasteiger partial charge in [0.15, 0.2) is 0 Å². The summed E-state index contributed by atoms with van der Waals surface area (Å²) < 4.78 is 38.2. The zero-order valence-electron chi connectivity index (χ0n) is 8.09. The molecule has 1 saturated heterocycles. The molecule has 0 bridgehead atoms. The van der Waals surface area contributed by atoms with Crippen LogP contribution < -0.4 is 0 Å². The van der Waals surface area contributed by atoms with Gasteiger partial charge in [-0.15, -0.1) is 0 Å². The van der Waals surface area contributed by atoms with Gasteiger partial charge in [0.1, 0.15) is 0 Å². The van der Waals surface area contributed by atoms with Crippen LogP contribution in [0, 0.1) is 5.95 Å². The summed E-state index contributed by atoms with van der Waals surface area (Å²) >= 11 is 0. The Kier molecular flexibility index (Phi) is 2.65. The first-order valence-corrected chi connectivity index (χ1v) is 4.76. The Labute approximate surface area is 85.7 Å². The van der Waals surface area contributed by atoms with E-state index in [-0.39, 0.29) is 13.0 Å². The number of rotatable bonds is 2. The van der Waals surface area contributed by atoms with Crippen LogP contribution in [0.25, 0.3) is 0 Å². The lowest BCUT2D eigenvalue weighted by atomic mass is 10.3. The lowest BCUT2D eigenvalue weighted by Gasteiger charge is -2.14. The third-order valence-electron chi connectivity index (χ3n) is 2.44. The molecule has 2 heterocycles. The van der Waals surface area contributed by atoms with Gasteiger partial charge in [-0.05, 0) is 11.6 Å². The zero-order chi connectivity index (χ0) is 10.9. The van der Waals surface area contributed by atoms with Crippen LogP contribution in [0.15, 0.2) is 18.3 Å². The summed E-state index contributed by atoms with van der Waals surface area (Å²) in [7, 11) is 0. The van der Waals surface area contributed by atoms with Gasteiger partial charge in [-0.1, -0.05) is 6.07 Å². The van der Waals surface area contributed by atoms with E-state index in [0.29, 0.717) is 13.1 Å². The highest BCUT2D eigenvalue weighted by molar-refractivity contribution is 5.09. The molecule has 1 aliphatic rings. The van der Waals surface area contributed by atoms with Gasteiger partial charge in [0.2, 0.25) is 5.95 Å². The Morgan fingerprint density at radius 1 is 1.40 bits per heavy atom. The van der Waals surface area contributed by atoms with Gasteiger partial charge in [0.25, 0.3) is 5.92 Å². The Bertz CT molecular complexity index is 337. The molecule has 82 valence electrons. The SMILES string of the molecule is Fc1ccc(CN2CCC(F)(F)C2)cn1. The molecule has 0 spiro atoms. The molecule has 0 N–H and O–H groups in total. The van der Waals surface area contributed by atoms with Crippen molar-refractivity contribution in [3.8, 4) is 0 Å². The van der Waals surface area contributed by atoms with E-state index in [1.807, 2.05) is 0 Å². The van der Waals surface area contributed by atoms with Crippen molar-refractivity contribution in [1.82, 2.24) is 9.88 Å². The van der Waals surface area contributed by atoms with Crippen molar-refractivity contribution < 1.29 is 13.2 Å². The minimum atomic E-state index is -2.58. The molecule has 0 radical (unpaired) electrons. The quantitative estimate of drug-likeness (QED) is 0.703. The molecule has 1 aromatic heterocycles. The molecular weight excluding hydrogens is 205 g/mol. The van der Waals surface area contributed by atoms with Gasteiger partial charge in [-0.25, -0.2) is 13.8 Å². The van der Waals surface area contributed by atoms with Crippen LogP contribution in [0.4, 0.5) is 13.2 Å². The largest absolute Gasteiger partial charge is 0.293 e. The molecule has 0 aromatic carbocycles. The normalized spacial score (nSPS) is 20.7. The molecule has 15 heavy (non-hydrogen) atoms. The average Bonchev–Trinajstić information content (AvgIpc) is 2.50. The van der Waals surface area contributed by atoms with Crippen molar-refractivity contribution in [1.29, 1.82) is 0 Å². The lowest BCUT2D eigenvalue weighted by Crippen LogP contribution is -2.24. The van der Waals surface area contributed by atoms with Crippen LogP contribution >= 0.6 is 0 Å². The van der Waals surface area contributed by atoms with Crippen LogP contribution in [0.5, 0.6) is 0 Å². The molecule has 0 aliphatic carbocycles. The number of hydrogen-bond donors (Lipinski definition) is 0. The van der Waals surface area contributed by atoms with E-state index in [2.05, 4.69) is 4.98 Å². The maximum Gasteiger partial charge on any atom is 0.261 e. The molecule has 1 aromatic rings. The van der Waals surface area contributed by atoms with Gasteiger partial charge >= 0.3 is 0 Å². The number of halogens is 3. The monoisotopic (exact) mass is 216 g/mol. The van der Waals surface area contributed by atoms with Gasteiger partial charge in [-0.3, -0.25) is 4.90 Å². The maximum absolute atomic E-state index is 12.8. The number of nitrogens with zero attached hydrogens (tertiary/aromatic N) is 2. The Morgan fingerprint density at radius 2 is 2.20 bits per heavy atom. The standard InChI is InChI=1S/C10H11F3N2/c11-9-2-1-8(5-14-9)6-15-4-3-10(12,13)7-15/h1-2,5H,3-4,6-7H2. The highest BCUT2D eigenvalue weighted by Crippen LogP contribution is 2.27. The second kappa shape index (κ2) is 3.81. The van der Waals surface area contributed by atoms with E-state index < -0.39 is 11.9 Å². The van der Waals surface area contributed by atoms with Crippen molar-refractivity contribution in [3.05, 3.63) is 29.8 Å². The van der Waals surface area contributed by atoms with Gasteiger partial charge in [-0.2, -0.15) is 4.39 Å². The Hall–Kier alpha value is -1.10. The van der Waals surface area contributed by atoms with Crippen molar-refractivity contribution in [2.45, 2.75) is 18.9 Å². The summed E-state index contributed by atoms with van der Waals surface area (Å²) in [5.74, 6) is -3.13. The number of alkyl halides is 2. The summed E-state index contributed by atoms with van der Waals surface area (Å²) in [5.41, 5.74) is 0.758. The lowest BCUT2D eigenvalue weighted by molar-refractivity contribution is 0.0115. The number of likely N-dealkylation sites (tertiary alicyclic amines) is 1. The van der Waals surface area contributed by atoms with Crippen molar-refractivity contribution in [2.75, 3.05) is 13.1 Å². The number of hydrogen-bond acceptors (Lipinski definition) is 2. The molecule has 2 rings (SSSR count). The van der Waals surface area contributed by atoms with Gasteiger partial charge in [0, 0.05) is 25.7 Å². The molecule has 0 saturated carbocycles. The average molecular weight is 216 g/mol. The van der Waals surface area contributed by atoms with E-state index >= 15 is 0 Å².